The number of carbonyl (C=O) groups is 1. The van der Waals surface area contributed by atoms with Crippen LogP contribution < -0.4 is 4.74 Å². The third kappa shape index (κ3) is 4.81. The fraction of sp³-hybridized carbons (Fsp3) is 0.318. The summed E-state index contributed by atoms with van der Waals surface area (Å²) in [6.45, 7) is 9.00. The summed E-state index contributed by atoms with van der Waals surface area (Å²) in [6, 6.07) is 12.0. The molecule has 0 spiro atoms. The monoisotopic (exact) mass is 396 g/mol. The summed E-state index contributed by atoms with van der Waals surface area (Å²) in [6.07, 6.45) is 0. The Kier molecular flexibility index (Phi) is 5.98. The Morgan fingerprint density at radius 1 is 1.10 bits per heavy atom. The van der Waals surface area contributed by atoms with E-state index in [0.29, 0.717) is 23.9 Å². The molecule has 0 fully saturated rings. The third-order valence-electron chi connectivity index (χ3n) is 4.35. The minimum absolute atomic E-state index is 0.156. The van der Waals surface area contributed by atoms with Crippen LogP contribution in [0.2, 0.25) is 0 Å². The highest BCUT2D eigenvalue weighted by Crippen LogP contribution is 2.35. The van der Waals surface area contributed by atoms with Crippen LogP contribution in [0.5, 0.6) is 5.75 Å². The first kappa shape index (κ1) is 20.5. The van der Waals surface area contributed by atoms with E-state index in [-0.39, 0.29) is 17.8 Å². The van der Waals surface area contributed by atoms with Crippen molar-refractivity contribution < 1.29 is 23.9 Å². The summed E-state index contributed by atoms with van der Waals surface area (Å²) in [7, 11) is 0. The lowest BCUT2D eigenvalue weighted by Crippen LogP contribution is -2.14. The lowest BCUT2D eigenvalue weighted by molar-refractivity contribution is 0.0214. The van der Waals surface area contributed by atoms with Crippen molar-refractivity contribution in [2.24, 2.45) is 0 Å². The highest BCUT2D eigenvalue weighted by molar-refractivity contribution is 5.88. The van der Waals surface area contributed by atoms with Crippen molar-refractivity contribution in [1.29, 1.82) is 0 Å². The maximum atomic E-state index is 11.0. The fourth-order valence-corrected chi connectivity index (χ4v) is 2.78. The average Bonchev–Trinajstić information content (AvgIpc) is 3.18. The van der Waals surface area contributed by atoms with Gasteiger partial charge in [0.05, 0.1) is 5.56 Å². The summed E-state index contributed by atoms with van der Waals surface area (Å²) in [5.41, 5.74) is 2.51. The number of hydrogen-bond donors (Lipinski definition) is 1. The highest BCUT2D eigenvalue weighted by Gasteiger charge is 2.21. The molecule has 0 radical (unpaired) electrons. The van der Waals surface area contributed by atoms with Crippen molar-refractivity contribution in [3.63, 3.8) is 0 Å². The van der Waals surface area contributed by atoms with Crippen LogP contribution in [-0.4, -0.2) is 34.6 Å². The van der Waals surface area contributed by atoms with Crippen molar-refractivity contribution >= 4 is 5.97 Å². The van der Waals surface area contributed by atoms with Crippen LogP contribution in [0.1, 0.15) is 43.6 Å². The number of nitrogens with zero attached hydrogens (tertiary/aromatic N) is 2. The molecule has 1 N–H and O–H groups in total. The second kappa shape index (κ2) is 8.45. The molecular weight excluding hydrogens is 372 g/mol. The molecule has 0 bridgehead atoms. The smallest absolute Gasteiger partial charge is 0.335 e. The molecule has 0 amide bonds. The summed E-state index contributed by atoms with van der Waals surface area (Å²) in [5, 5.41) is 13.1. The average molecular weight is 396 g/mol. The van der Waals surface area contributed by atoms with Crippen molar-refractivity contribution in [3.05, 3.63) is 53.6 Å². The van der Waals surface area contributed by atoms with Crippen LogP contribution in [-0.2, 0) is 10.2 Å². The molecule has 7 heteroatoms. The first-order valence-electron chi connectivity index (χ1n) is 9.32. The molecular formula is C22H24N2O5. The van der Waals surface area contributed by atoms with Gasteiger partial charge in [-0.3, -0.25) is 0 Å². The molecule has 0 saturated heterocycles. The largest absolute Gasteiger partial charge is 0.478 e. The van der Waals surface area contributed by atoms with Crippen LogP contribution in [0.15, 0.2) is 47.0 Å². The van der Waals surface area contributed by atoms with Gasteiger partial charge in [-0.05, 0) is 54.8 Å². The van der Waals surface area contributed by atoms with E-state index in [1.165, 1.54) is 12.1 Å². The van der Waals surface area contributed by atoms with Gasteiger partial charge in [-0.2, -0.15) is 4.98 Å². The number of benzene rings is 2. The Morgan fingerprint density at radius 3 is 2.41 bits per heavy atom. The van der Waals surface area contributed by atoms with Gasteiger partial charge in [-0.1, -0.05) is 25.9 Å². The first-order chi connectivity index (χ1) is 13.8. The number of carboxylic acid groups (broad SMARTS) is 1. The molecule has 2 aromatic carbocycles. The number of aromatic nitrogens is 2. The zero-order valence-corrected chi connectivity index (χ0v) is 16.9. The van der Waals surface area contributed by atoms with Crippen molar-refractivity contribution in [2.45, 2.75) is 33.1 Å². The Hall–Kier alpha value is -3.19. The maximum Gasteiger partial charge on any atom is 0.335 e. The minimum Gasteiger partial charge on any atom is -0.478 e. The molecule has 0 aliphatic heterocycles. The summed E-state index contributed by atoms with van der Waals surface area (Å²) < 4.78 is 16.4. The number of carboxylic acids is 1. The van der Waals surface area contributed by atoms with E-state index in [0.717, 1.165) is 16.9 Å². The van der Waals surface area contributed by atoms with Crippen molar-refractivity contribution in [3.8, 4) is 28.6 Å². The predicted molar refractivity (Wildman–Crippen MR) is 108 cm³/mol. The van der Waals surface area contributed by atoms with Gasteiger partial charge in [0.2, 0.25) is 5.82 Å². The van der Waals surface area contributed by atoms with E-state index in [2.05, 4.69) is 30.9 Å². The second-order valence-electron chi connectivity index (χ2n) is 7.52. The zero-order valence-electron chi connectivity index (χ0n) is 16.9. The van der Waals surface area contributed by atoms with E-state index in [9.17, 15) is 4.79 Å². The van der Waals surface area contributed by atoms with Crippen LogP contribution in [0.3, 0.4) is 0 Å². The molecule has 0 saturated carbocycles. The molecule has 3 aromatic rings. The molecule has 1 aromatic heterocycles. The van der Waals surface area contributed by atoms with Gasteiger partial charge >= 0.3 is 5.97 Å². The quantitative estimate of drug-likeness (QED) is 0.454. The Labute approximate surface area is 169 Å². The topological polar surface area (TPSA) is 94.7 Å². The van der Waals surface area contributed by atoms with Crippen LogP contribution in [0, 0.1) is 0 Å². The van der Waals surface area contributed by atoms with E-state index >= 15 is 0 Å². The Morgan fingerprint density at radius 2 is 1.79 bits per heavy atom. The third-order valence-corrected chi connectivity index (χ3v) is 4.35. The molecule has 1 heterocycles. The van der Waals surface area contributed by atoms with E-state index in [1.807, 2.05) is 25.1 Å². The van der Waals surface area contributed by atoms with E-state index in [1.54, 1.807) is 12.1 Å². The molecule has 0 atom stereocenters. The molecule has 29 heavy (non-hydrogen) atoms. The number of ether oxygens (including phenoxy) is 2. The van der Waals surface area contributed by atoms with Gasteiger partial charge in [0.15, 0.2) is 6.79 Å². The van der Waals surface area contributed by atoms with E-state index < -0.39 is 5.97 Å². The Balaban J connectivity index is 1.90. The van der Waals surface area contributed by atoms with E-state index in [4.69, 9.17) is 19.1 Å². The summed E-state index contributed by atoms with van der Waals surface area (Å²) >= 11 is 0. The predicted octanol–water partition coefficient (Wildman–Crippen LogP) is 4.77. The van der Waals surface area contributed by atoms with Crippen molar-refractivity contribution in [1.82, 2.24) is 10.1 Å². The Bertz CT molecular complexity index is 987. The summed E-state index contributed by atoms with van der Waals surface area (Å²) in [5.74, 6) is 0.543. The van der Waals surface area contributed by atoms with Gasteiger partial charge < -0.3 is 19.1 Å². The van der Waals surface area contributed by atoms with Crippen molar-refractivity contribution in [2.75, 3.05) is 13.4 Å². The minimum atomic E-state index is -0.982. The maximum absolute atomic E-state index is 11.0. The van der Waals surface area contributed by atoms with Gasteiger partial charge in [0, 0.05) is 23.3 Å². The highest BCUT2D eigenvalue weighted by atomic mass is 16.7. The molecule has 0 aliphatic carbocycles. The molecule has 0 unspecified atom stereocenters. The van der Waals surface area contributed by atoms with Crippen LogP contribution >= 0.6 is 0 Å². The van der Waals surface area contributed by atoms with Crippen LogP contribution in [0.4, 0.5) is 0 Å². The van der Waals surface area contributed by atoms with Gasteiger partial charge in [0.1, 0.15) is 5.75 Å². The number of hydrogen-bond acceptors (Lipinski definition) is 6. The SMILES string of the molecule is CCOCOc1ccc(-c2noc(-c3ccc(C(=O)O)cc3)n2)cc1C(C)(C)C. The molecule has 0 aliphatic rings. The van der Waals surface area contributed by atoms with Gasteiger partial charge in [0.25, 0.3) is 5.89 Å². The number of aromatic carboxylic acids is 1. The first-order valence-corrected chi connectivity index (χ1v) is 9.32. The normalized spacial score (nSPS) is 11.4. The second-order valence-corrected chi connectivity index (χ2v) is 7.52. The molecule has 3 rings (SSSR count). The summed E-state index contributed by atoms with van der Waals surface area (Å²) in [4.78, 5) is 15.5. The van der Waals surface area contributed by atoms with Crippen LogP contribution in [0.25, 0.3) is 22.8 Å². The van der Waals surface area contributed by atoms with Gasteiger partial charge in [-0.25, -0.2) is 4.79 Å². The number of rotatable bonds is 7. The molecule has 7 nitrogen and oxygen atoms in total. The lowest BCUT2D eigenvalue weighted by atomic mass is 9.85. The zero-order chi connectivity index (χ0) is 21.0. The lowest BCUT2D eigenvalue weighted by Gasteiger charge is -2.23. The fourth-order valence-electron chi connectivity index (χ4n) is 2.78. The van der Waals surface area contributed by atoms with Gasteiger partial charge in [-0.15, -0.1) is 0 Å². The molecule has 152 valence electrons. The standard InChI is InChI=1S/C22H24N2O5/c1-5-27-13-28-18-11-10-16(12-17(18)22(2,3)4)19-23-20(29-24-19)14-6-8-15(9-7-14)21(25)26/h6-12H,5,13H2,1-4H3,(H,25,26).